The topological polar surface area (TPSA) is 12.9 Å². The second-order valence-corrected chi connectivity index (χ2v) is 24.8. The number of aromatic nitrogens is 1. The zero-order valence-electron chi connectivity index (χ0n) is 38.3. The molecule has 13 rings (SSSR count). The molecule has 8 aliphatic rings. The third-order valence-electron chi connectivity index (χ3n) is 17.5. The predicted molar refractivity (Wildman–Crippen MR) is 247 cm³/mol. The van der Waals surface area contributed by atoms with Crippen LogP contribution in [0.25, 0.3) is 33.5 Å². The van der Waals surface area contributed by atoms with Gasteiger partial charge in [-0.25, -0.2) is 0 Å². The smallest absolute Gasteiger partial charge is 0.252 e. The summed E-state index contributed by atoms with van der Waals surface area (Å²) in [6, 6.07) is 35.6. The van der Waals surface area contributed by atoms with Crippen molar-refractivity contribution >= 4 is 0 Å². The first-order valence-electron chi connectivity index (χ1n) is 23.5. The molecule has 8 saturated carbocycles. The van der Waals surface area contributed by atoms with E-state index in [4.69, 9.17) is 4.98 Å². The lowest BCUT2D eigenvalue weighted by Crippen LogP contribution is -2.64. The summed E-state index contributed by atoms with van der Waals surface area (Å²) in [4.78, 5) is 5.54. The molecule has 1 aromatic heterocycles. The predicted octanol–water partition coefficient (Wildman–Crippen LogP) is 16.4. The van der Waals surface area contributed by atoms with Crippen LogP contribution in [0.5, 0.6) is 0 Å². The van der Waals surface area contributed by atoms with Gasteiger partial charge < -0.3 is 0 Å². The molecule has 0 aliphatic heterocycles. The normalized spacial score (nSPS) is 37.9. The van der Waals surface area contributed by atoms with Crippen LogP contribution in [0.2, 0.25) is 0 Å². The molecule has 8 aliphatic carbocycles. The maximum atomic E-state index is 15.5. The monoisotopic (exact) mass is 831 g/mol. The molecule has 322 valence electrons. The Balaban J connectivity index is 1.08. The highest BCUT2D eigenvalue weighted by Gasteiger charge is 2.70. The molecule has 8 bridgehead atoms. The van der Waals surface area contributed by atoms with E-state index in [2.05, 4.69) is 128 Å². The number of hydrogen-bond donors (Lipinski definition) is 0. The van der Waals surface area contributed by atoms with E-state index in [-0.39, 0.29) is 33.0 Å². The number of rotatable bonds is 6. The second kappa shape index (κ2) is 12.8. The molecule has 1 heterocycles. The molecule has 4 heteroatoms. The van der Waals surface area contributed by atoms with Crippen LogP contribution in [0.1, 0.15) is 152 Å². The van der Waals surface area contributed by atoms with Gasteiger partial charge >= 0.3 is 6.18 Å². The highest BCUT2D eigenvalue weighted by atomic mass is 19.4. The molecule has 8 fully saturated rings. The van der Waals surface area contributed by atoms with Crippen molar-refractivity contribution in [3.05, 3.63) is 137 Å². The van der Waals surface area contributed by atoms with Crippen molar-refractivity contribution in [2.24, 2.45) is 32.5 Å². The van der Waals surface area contributed by atoms with Crippen LogP contribution in [-0.2, 0) is 17.0 Å². The van der Waals surface area contributed by atoms with Crippen molar-refractivity contribution < 1.29 is 13.2 Å². The lowest BCUT2D eigenvalue weighted by molar-refractivity contribution is -0.170. The highest BCUT2D eigenvalue weighted by molar-refractivity contribution is 5.83. The van der Waals surface area contributed by atoms with Crippen molar-refractivity contribution in [1.82, 2.24) is 4.98 Å². The number of halogens is 3. The summed E-state index contributed by atoms with van der Waals surface area (Å²) in [6.07, 6.45) is 8.06. The van der Waals surface area contributed by atoms with E-state index >= 15 is 13.2 Å². The first-order chi connectivity index (χ1) is 29.0. The van der Waals surface area contributed by atoms with Crippen LogP contribution >= 0.6 is 0 Å². The van der Waals surface area contributed by atoms with Gasteiger partial charge in [-0.3, -0.25) is 4.98 Å². The van der Waals surface area contributed by atoms with Gasteiger partial charge in [0.1, 0.15) is 0 Å². The van der Waals surface area contributed by atoms with Gasteiger partial charge in [-0.2, -0.15) is 13.2 Å². The van der Waals surface area contributed by atoms with E-state index in [1.807, 2.05) is 18.2 Å². The number of nitrogens with zero attached hydrogens (tertiary/aromatic N) is 1. The van der Waals surface area contributed by atoms with Gasteiger partial charge in [-0.05, 0) is 168 Å². The Bertz CT molecular complexity index is 2580. The number of alkyl halides is 3. The van der Waals surface area contributed by atoms with E-state index in [1.54, 1.807) is 0 Å². The average molecular weight is 832 g/mol. The largest absolute Gasteiger partial charge is 0.416 e. The van der Waals surface area contributed by atoms with Gasteiger partial charge in [0.05, 0.1) is 11.3 Å². The zero-order valence-corrected chi connectivity index (χ0v) is 38.3. The van der Waals surface area contributed by atoms with E-state index in [9.17, 15) is 0 Å². The Kier molecular flexibility index (Phi) is 8.35. The van der Waals surface area contributed by atoms with Crippen LogP contribution in [0.15, 0.2) is 103 Å². The average Bonchev–Trinajstić information content (AvgIpc) is 3.14. The van der Waals surface area contributed by atoms with E-state index in [1.165, 1.54) is 84.0 Å². The summed E-state index contributed by atoms with van der Waals surface area (Å²) in [5.74, 6) is -0.180. The summed E-state index contributed by atoms with van der Waals surface area (Å²) in [6.45, 7) is 19.3. The summed E-state index contributed by atoms with van der Waals surface area (Å²) in [5.41, 5.74) is 11.4. The molecule has 0 N–H and O–H groups in total. The van der Waals surface area contributed by atoms with Crippen molar-refractivity contribution in [1.29, 1.82) is 0 Å². The summed E-state index contributed by atoms with van der Waals surface area (Å²) >= 11 is 0. The second-order valence-electron chi connectivity index (χ2n) is 24.8. The van der Waals surface area contributed by atoms with E-state index in [0.717, 1.165) is 48.8 Å². The number of pyridine rings is 1. The third-order valence-corrected chi connectivity index (χ3v) is 17.5. The molecule has 0 saturated heterocycles. The van der Waals surface area contributed by atoms with Gasteiger partial charge in [0.25, 0.3) is 0 Å². The summed E-state index contributed by atoms with van der Waals surface area (Å²) < 4.78 is 46.4. The van der Waals surface area contributed by atoms with Crippen molar-refractivity contribution in [2.75, 3.05) is 0 Å². The fourth-order valence-electron chi connectivity index (χ4n) is 18.8. The third kappa shape index (κ3) is 6.33. The van der Waals surface area contributed by atoms with Gasteiger partial charge in [-0.15, -0.1) is 0 Å². The maximum Gasteiger partial charge on any atom is 0.416 e. The van der Waals surface area contributed by atoms with Crippen LogP contribution in [0.4, 0.5) is 13.2 Å². The number of aryl methyl sites for hydroxylation is 2. The Morgan fingerprint density at radius 1 is 0.484 bits per heavy atom. The standard InChI is InChI=1S/C58H64F3N/c1-37-18-40(39-14-10-9-11-15-39)22-43(21-37)57-35-53(6)29-54(7,36-57)31-55(8,30-53)49(57)48-25-44(58(59,60)61)24-47(62-48)46-17-13-12-16-45(46)41-19-38(2)20-42(23-41)56-32-50(3)26-51(4,33-56)28-52(5,27-50)34-56/h9-25,49H,26-36H2,1-8H3/t49?,50?,51?,52?,53-,54-,55?,56?,57?/m1/s1. The lowest BCUT2D eigenvalue weighted by Gasteiger charge is -2.72. The fraction of sp³-hybridized carbons (Fsp3) is 0.500. The van der Waals surface area contributed by atoms with Crippen molar-refractivity contribution in [2.45, 2.75) is 149 Å². The van der Waals surface area contributed by atoms with E-state index in [0.29, 0.717) is 27.6 Å². The van der Waals surface area contributed by atoms with E-state index < -0.39 is 11.7 Å². The van der Waals surface area contributed by atoms with Crippen LogP contribution < -0.4 is 0 Å². The fourth-order valence-corrected chi connectivity index (χ4v) is 18.8. The first-order valence-corrected chi connectivity index (χ1v) is 23.5. The first kappa shape index (κ1) is 40.6. The van der Waals surface area contributed by atoms with Crippen molar-refractivity contribution in [3.63, 3.8) is 0 Å². The Morgan fingerprint density at radius 2 is 0.984 bits per heavy atom. The SMILES string of the molecule is Cc1cc(-c2ccccc2-c2cc(C(F)(F)F)cc(C3C4(C)C[C@]5(C)CC3(c3cc(C)cc(-c6ccccc6)c3)C[C@@](C)(C4)C5)n2)cc(C23CC4(C)CC(C)(CC(C)(C4)C2)C3)c1. The summed E-state index contributed by atoms with van der Waals surface area (Å²) in [7, 11) is 0. The minimum absolute atomic E-state index is 0.0933. The van der Waals surface area contributed by atoms with Crippen LogP contribution in [0.3, 0.4) is 0 Å². The van der Waals surface area contributed by atoms with Gasteiger partial charge in [0, 0.05) is 22.6 Å². The molecule has 3 atom stereocenters. The van der Waals surface area contributed by atoms with Crippen LogP contribution in [-0.4, -0.2) is 4.98 Å². The van der Waals surface area contributed by atoms with Crippen molar-refractivity contribution in [3.8, 4) is 33.5 Å². The molecule has 5 aromatic rings. The molecule has 62 heavy (non-hydrogen) atoms. The molecule has 1 unspecified atom stereocenters. The highest BCUT2D eigenvalue weighted by Crippen LogP contribution is 2.78. The van der Waals surface area contributed by atoms with Gasteiger partial charge in [0.2, 0.25) is 0 Å². The number of benzene rings is 4. The summed E-state index contributed by atoms with van der Waals surface area (Å²) in [5, 5.41) is 0. The quantitative estimate of drug-likeness (QED) is 0.166. The lowest BCUT2D eigenvalue weighted by atomic mass is 9.31. The molecule has 1 nitrogen and oxygen atoms in total. The molecular weight excluding hydrogens is 768 g/mol. The molecule has 0 spiro atoms. The van der Waals surface area contributed by atoms with Gasteiger partial charge in [-0.1, -0.05) is 144 Å². The van der Waals surface area contributed by atoms with Gasteiger partial charge in [0.15, 0.2) is 0 Å². The Labute approximate surface area is 368 Å². The van der Waals surface area contributed by atoms with Crippen LogP contribution in [0, 0.1) is 46.3 Å². The Morgan fingerprint density at radius 3 is 1.56 bits per heavy atom. The number of hydrogen-bond acceptors (Lipinski definition) is 1. The molecule has 0 radical (unpaired) electrons. The minimum Gasteiger partial charge on any atom is -0.252 e. The molecule has 4 aromatic carbocycles. The minimum atomic E-state index is -4.53. The zero-order chi connectivity index (χ0) is 43.5. The molecule has 0 amide bonds. The Hall–Kier alpha value is -4.18. The maximum absolute atomic E-state index is 15.5. The molecular formula is C58H64F3N.